The summed E-state index contributed by atoms with van der Waals surface area (Å²) in [6.07, 6.45) is 14.2. The number of allylic oxidation sites excluding steroid dienone is 5. The molecule has 2 nitrogen and oxygen atoms in total. The van der Waals surface area contributed by atoms with Crippen molar-refractivity contribution in [1.82, 2.24) is 0 Å². The van der Waals surface area contributed by atoms with E-state index < -0.39 is 0 Å². The Morgan fingerprint density at radius 3 is 1.75 bits per heavy atom. The van der Waals surface area contributed by atoms with Crippen LogP contribution in [0.25, 0.3) is 12.2 Å². The van der Waals surface area contributed by atoms with E-state index in [2.05, 4.69) is 181 Å². The summed E-state index contributed by atoms with van der Waals surface area (Å²) >= 11 is 0. The smallest absolute Gasteiger partial charge is 0.0537 e. The molecule has 0 N–H and O–H groups in total. The Labute approximate surface area is 260 Å². The van der Waals surface area contributed by atoms with Gasteiger partial charge in [0, 0.05) is 45.8 Å². The minimum absolute atomic E-state index is 0.237. The van der Waals surface area contributed by atoms with Crippen LogP contribution < -0.4 is 9.80 Å². The third-order valence-corrected chi connectivity index (χ3v) is 9.06. The maximum Gasteiger partial charge on any atom is 0.0537 e. The highest BCUT2D eigenvalue weighted by atomic mass is 15.2. The lowest BCUT2D eigenvalue weighted by Gasteiger charge is -2.41. The van der Waals surface area contributed by atoms with E-state index in [1.165, 1.54) is 56.1 Å². The Morgan fingerprint density at radius 2 is 1.09 bits per heavy atom. The van der Waals surface area contributed by atoms with Crippen molar-refractivity contribution in [3.63, 3.8) is 0 Å². The van der Waals surface area contributed by atoms with E-state index in [0.29, 0.717) is 5.92 Å². The Hall–Kier alpha value is -5.34. The van der Waals surface area contributed by atoms with Crippen LogP contribution in [0, 0.1) is 19.8 Å². The summed E-state index contributed by atoms with van der Waals surface area (Å²) in [7, 11) is 0. The lowest BCUT2D eigenvalue weighted by molar-refractivity contribution is 0.655. The zero-order chi connectivity index (χ0) is 29.6. The van der Waals surface area contributed by atoms with Crippen LogP contribution in [0.4, 0.5) is 28.4 Å². The number of hydrogen-bond acceptors (Lipinski definition) is 2. The molecule has 2 heteroatoms. The summed E-state index contributed by atoms with van der Waals surface area (Å²) in [5.41, 5.74) is 15.0. The third-order valence-electron chi connectivity index (χ3n) is 9.06. The van der Waals surface area contributed by atoms with E-state index in [1.807, 2.05) is 0 Å². The monoisotopic (exact) mass is 566 g/mol. The van der Waals surface area contributed by atoms with Crippen LogP contribution in [-0.2, 0) is 0 Å². The predicted octanol–water partition coefficient (Wildman–Crippen LogP) is 11.2. The zero-order valence-electron chi connectivity index (χ0n) is 25.1. The van der Waals surface area contributed by atoms with Crippen molar-refractivity contribution in [1.29, 1.82) is 0 Å². The van der Waals surface area contributed by atoms with Gasteiger partial charge in [0.2, 0.25) is 0 Å². The summed E-state index contributed by atoms with van der Waals surface area (Å²) in [4.78, 5) is 4.84. The number of rotatable bonds is 6. The molecule has 44 heavy (non-hydrogen) atoms. The molecule has 3 aliphatic carbocycles. The molecule has 0 spiro atoms. The van der Waals surface area contributed by atoms with Crippen LogP contribution in [0.1, 0.15) is 33.7 Å². The fourth-order valence-electron chi connectivity index (χ4n) is 7.13. The molecule has 2 atom stereocenters. The fourth-order valence-corrected chi connectivity index (χ4v) is 7.13. The molecule has 3 aliphatic rings. The maximum absolute atomic E-state index is 2.43. The molecule has 0 amide bonds. The highest BCUT2D eigenvalue weighted by Crippen LogP contribution is 2.53. The SMILES string of the molecule is Cc1cccc(N(C2=C3C=Cc4ccc(N(c5ccccc5)c5cccc(C)c5)c5c4C3C(C=C2)C=C5)c2ccccc2)c1. The van der Waals surface area contributed by atoms with Crippen molar-refractivity contribution in [2.75, 3.05) is 9.80 Å². The van der Waals surface area contributed by atoms with Gasteiger partial charge in [-0.2, -0.15) is 0 Å². The van der Waals surface area contributed by atoms with Crippen LogP contribution in [0.2, 0.25) is 0 Å². The minimum atomic E-state index is 0.237. The molecule has 5 aromatic carbocycles. The molecular formula is C42H34N2. The molecule has 0 saturated carbocycles. The molecule has 0 fully saturated rings. The third kappa shape index (κ3) is 4.42. The van der Waals surface area contributed by atoms with E-state index in [-0.39, 0.29) is 5.92 Å². The van der Waals surface area contributed by atoms with Crippen molar-refractivity contribution >= 4 is 40.6 Å². The van der Waals surface area contributed by atoms with E-state index >= 15 is 0 Å². The van der Waals surface area contributed by atoms with E-state index in [4.69, 9.17) is 0 Å². The van der Waals surface area contributed by atoms with Gasteiger partial charge in [0.05, 0.1) is 5.69 Å². The average molecular weight is 567 g/mol. The van der Waals surface area contributed by atoms with Gasteiger partial charge in [-0.25, -0.2) is 0 Å². The summed E-state index contributed by atoms with van der Waals surface area (Å²) in [5, 5.41) is 0. The van der Waals surface area contributed by atoms with E-state index in [0.717, 1.165) is 11.4 Å². The van der Waals surface area contributed by atoms with Gasteiger partial charge in [-0.1, -0.05) is 97.1 Å². The van der Waals surface area contributed by atoms with Gasteiger partial charge < -0.3 is 9.80 Å². The van der Waals surface area contributed by atoms with Gasteiger partial charge >= 0.3 is 0 Å². The number of aryl methyl sites for hydroxylation is 2. The van der Waals surface area contributed by atoms with Crippen LogP contribution in [0.15, 0.2) is 157 Å². The first-order valence-electron chi connectivity index (χ1n) is 15.4. The largest absolute Gasteiger partial charge is 0.310 e. The van der Waals surface area contributed by atoms with Gasteiger partial charge in [-0.05, 0) is 102 Å². The summed E-state index contributed by atoms with van der Waals surface area (Å²) < 4.78 is 0. The van der Waals surface area contributed by atoms with Crippen LogP contribution >= 0.6 is 0 Å². The number of benzene rings is 5. The highest BCUT2D eigenvalue weighted by molar-refractivity contribution is 5.89. The van der Waals surface area contributed by atoms with Crippen molar-refractivity contribution in [3.05, 3.63) is 185 Å². The molecular weight excluding hydrogens is 532 g/mol. The first-order valence-corrected chi connectivity index (χ1v) is 15.4. The average Bonchev–Trinajstić information content (AvgIpc) is 3.06. The number of para-hydroxylation sites is 2. The van der Waals surface area contributed by atoms with Gasteiger partial charge in [0.25, 0.3) is 0 Å². The Morgan fingerprint density at radius 1 is 0.500 bits per heavy atom. The molecule has 0 radical (unpaired) electrons. The van der Waals surface area contributed by atoms with Crippen LogP contribution in [0.3, 0.4) is 0 Å². The summed E-state index contributed by atoms with van der Waals surface area (Å²) in [6, 6.07) is 43.8. The van der Waals surface area contributed by atoms with Crippen molar-refractivity contribution in [2.45, 2.75) is 19.8 Å². The maximum atomic E-state index is 2.43. The number of anilines is 5. The lowest BCUT2D eigenvalue weighted by atomic mass is 9.68. The molecule has 212 valence electrons. The minimum Gasteiger partial charge on any atom is -0.310 e. The first kappa shape index (κ1) is 26.3. The van der Waals surface area contributed by atoms with Gasteiger partial charge in [0.15, 0.2) is 0 Å². The quantitative estimate of drug-likeness (QED) is 0.202. The highest BCUT2D eigenvalue weighted by Gasteiger charge is 2.37. The molecule has 0 bridgehead atoms. The van der Waals surface area contributed by atoms with Crippen molar-refractivity contribution < 1.29 is 0 Å². The molecule has 0 saturated heterocycles. The Bertz CT molecular complexity index is 2000. The predicted molar refractivity (Wildman–Crippen MR) is 186 cm³/mol. The fraction of sp³-hybridized carbons (Fsp3) is 0.0952. The molecule has 0 aromatic heterocycles. The van der Waals surface area contributed by atoms with E-state index in [1.54, 1.807) is 0 Å². The summed E-state index contributed by atoms with van der Waals surface area (Å²) in [5.74, 6) is 0.542. The Balaban J connectivity index is 1.33. The van der Waals surface area contributed by atoms with Crippen molar-refractivity contribution in [2.24, 2.45) is 5.92 Å². The van der Waals surface area contributed by atoms with Crippen LogP contribution in [-0.4, -0.2) is 0 Å². The first-order chi connectivity index (χ1) is 21.7. The molecule has 5 aromatic rings. The molecule has 8 rings (SSSR count). The standard InChI is InChI=1S/C42H34N2/c1-29-11-9-17-35(27-29)43(33-13-5-3-6-14-33)39-25-21-31-20-24-38-40(26-22-32-19-23-37(39)41(31)42(32)38)44(34-15-7-4-8-16-34)36-18-10-12-30(2)28-36/h3-28,31,41H,1-2H3. The van der Waals surface area contributed by atoms with E-state index in [9.17, 15) is 0 Å². The molecule has 2 unspecified atom stereocenters. The second-order valence-corrected chi connectivity index (χ2v) is 12.0. The van der Waals surface area contributed by atoms with Crippen LogP contribution in [0.5, 0.6) is 0 Å². The normalized spacial score (nSPS) is 17.4. The number of nitrogens with zero attached hydrogens (tertiary/aromatic N) is 2. The molecule has 0 heterocycles. The lowest BCUT2D eigenvalue weighted by Crippen LogP contribution is -2.28. The second-order valence-electron chi connectivity index (χ2n) is 12.0. The topological polar surface area (TPSA) is 6.48 Å². The Kier molecular flexibility index (Phi) is 6.42. The van der Waals surface area contributed by atoms with Gasteiger partial charge in [0.1, 0.15) is 0 Å². The summed E-state index contributed by atoms with van der Waals surface area (Å²) in [6.45, 7) is 4.33. The van der Waals surface area contributed by atoms with Crippen molar-refractivity contribution in [3.8, 4) is 0 Å². The van der Waals surface area contributed by atoms with Gasteiger partial charge in [-0.3, -0.25) is 0 Å². The second kappa shape index (κ2) is 10.7. The number of hydrogen-bond donors (Lipinski definition) is 0. The molecule has 0 aliphatic heterocycles. The zero-order valence-corrected chi connectivity index (χ0v) is 25.1. The van der Waals surface area contributed by atoms with Gasteiger partial charge in [-0.15, -0.1) is 0 Å².